The fraction of sp³-hybridized carbons (Fsp3) is 0.857. The van der Waals surface area contributed by atoms with Crippen LogP contribution in [0, 0.1) is 35.0 Å². The Balaban J connectivity index is 1.54. The Morgan fingerprint density at radius 1 is 1.37 bits per heavy atom. The van der Waals surface area contributed by atoms with Crippen molar-refractivity contribution in [3.05, 3.63) is 0 Å². The number of rotatable bonds is 4. The van der Waals surface area contributed by atoms with Crippen molar-refractivity contribution in [2.75, 3.05) is 6.54 Å². The number of carbonyl (C=O) groups is 1. The van der Waals surface area contributed by atoms with Gasteiger partial charge in [-0.2, -0.15) is 0 Å². The molecule has 0 spiro atoms. The highest BCUT2D eigenvalue weighted by Crippen LogP contribution is 2.69. The van der Waals surface area contributed by atoms with Crippen LogP contribution < -0.4 is 11.1 Å². The van der Waals surface area contributed by atoms with Crippen LogP contribution in [0.5, 0.6) is 0 Å². The zero-order valence-electron chi connectivity index (χ0n) is 11.6. The maximum absolute atomic E-state index is 12.2. The Morgan fingerprint density at radius 3 is 2.47 bits per heavy atom. The highest BCUT2D eigenvalue weighted by Gasteiger charge is 2.67. The van der Waals surface area contributed by atoms with Crippen LogP contribution in [0.3, 0.4) is 0 Å². The SMILES string of the molecule is CC(C)(CNC(=O)C1C2C3CCC(C3)C12)C(N)=NO. The molecule has 106 valence electrons. The van der Waals surface area contributed by atoms with Gasteiger partial charge in [0, 0.05) is 17.9 Å². The van der Waals surface area contributed by atoms with Crippen molar-refractivity contribution < 1.29 is 10.0 Å². The monoisotopic (exact) mass is 265 g/mol. The molecule has 1 amide bonds. The number of amides is 1. The fourth-order valence-corrected chi connectivity index (χ4v) is 4.33. The van der Waals surface area contributed by atoms with Crippen molar-refractivity contribution in [1.29, 1.82) is 0 Å². The third-order valence-corrected chi connectivity index (χ3v) is 5.54. The summed E-state index contributed by atoms with van der Waals surface area (Å²) < 4.78 is 0. The number of nitrogens with two attached hydrogens (primary N) is 1. The van der Waals surface area contributed by atoms with Gasteiger partial charge in [-0.25, -0.2) is 0 Å². The van der Waals surface area contributed by atoms with E-state index in [-0.39, 0.29) is 17.7 Å². The summed E-state index contributed by atoms with van der Waals surface area (Å²) >= 11 is 0. The first-order valence-electron chi connectivity index (χ1n) is 7.21. The van der Waals surface area contributed by atoms with Gasteiger partial charge in [0.1, 0.15) is 5.84 Å². The molecular formula is C14H23N3O2. The average Bonchev–Trinajstić information content (AvgIpc) is 2.83. The number of carbonyl (C=O) groups excluding carboxylic acids is 1. The summed E-state index contributed by atoms with van der Waals surface area (Å²) in [6, 6.07) is 0. The Labute approximate surface area is 113 Å². The van der Waals surface area contributed by atoms with Gasteiger partial charge in [0.25, 0.3) is 0 Å². The molecule has 4 unspecified atom stereocenters. The minimum Gasteiger partial charge on any atom is -0.409 e. The van der Waals surface area contributed by atoms with E-state index < -0.39 is 5.41 Å². The molecule has 3 saturated carbocycles. The molecule has 3 aliphatic rings. The highest BCUT2D eigenvalue weighted by atomic mass is 16.4. The molecule has 0 aromatic rings. The van der Waals surface area contributed by atoms with Gasteiger partial charge in [0.05, 0.1) is 0 Å². The van der Waals surface area contributed by atoms with E-state index in [9.17, 15) is 4.79 Å². The summed E-state index contributed by atoms with van der Waals surface area (Å²) in [5, 5.41) is 14.7. The molecule has 5 nitrogen and oxygen atoms in total. The molecule has 0 aromatic heterocycles. The van der Waals surface area contributed by atoms with Crippen molar-refractivity contribution >= 4 is 11.7 Å². The van der Waals surface area contributed by atoms with Gasteiger partial charge in [-0.15, -0.1) is 0 Å². The van der Waals surface area contributed by atoms with Crippen LogP contribution in [-0.4, -0.2) is 23.5 Å². The number of fused-ring (bicyclic) bond motifs is 5. The molecule has 0 aliphatic heterocycles. The normalized spacial score (nSPS) is 40.1. The fourth-order valence-electron chi connectivity index (χ4n) is 4.33. The molecule has 4 atom stereocenters. The van der Waals surface area contributed by atoms with Crippen molar-refractivity contribution in [3.63, 3.8) is 0 Å². The molecule has 0 radical (unpaired) electrons. The van der Waals surface area contributed by atoms with Crippen molar-refractivity contribution in [1.82, 2.24) is 5.32 Å². The number of hydrogen-bond acceptors (Lipinski definition) is 3. The molecule has 19 heavy (non-hydrogen) atoms. The maximum Gasteiger partial charge on any atom is 0.223 e. The van der Waals surface area contributed by atoms with Crippen LogP contribution in [0.1, 0.15) is 33.1 Å². The smallest absolute Gasteiger partial charge is 0.223 e. The Kier molecular flexibility index (Phi) is 2.76. The number of nitrogens with one attached hydrogen (secondary N) is 1. The van der Waals surface area contributed by atoms with Gasteiger partial charge in [-0.05, 0) is 42.9 Å². The Hall–Kier alpha value is -1.26. The molecule has 5 heteroatoms. The van der Waals surface area contributed by atoms with E-state index >= 15 is 0 Å². The number of hydrogen-bond donors (Lipinski definition) is 3. The number of oxime groups is 1. The van der Waals surface area contributed by atoms with E-state index in [1.807, 2.05) is 13.8 Å². The number of nitrogens with zero attached hydrogens (tertiary/aromatic N) is 1. The van der Waals surface area contributed by atoms with Gasteiger partial charge < -0.3 is 16.3 Å². The zero-order chi connectivity index (χ0) is 13.8. The maximum atomic E-state index is 12.2. The van der Waals surface area contributed by atoms with Crippen LogP contribution in [0.2, 0.25) is 0 Å². The van der Waals surface area contributed by atoms with Crippen LogP contribution in [-0.2, 0) is 4.79 Å². The Morgan fingerprint density at radius 2 is 1.95 bits per heavy atom. The largest absolute Gasteiger partial charge is 0.409 e. The van der Waals surface area contributed by atoms with Crippen LogP contribution in [0.15, 0.2) is 5.16 Å². The summed E-state index contributed by atoms with van der Waals surface area (Å²) in [6.07, 6.45) is 4.01. The lowest BCUT2D eigenvalue weighted by Crippen LogP contribution is -2.43. The zero-order valence-corrected chi connectivity index (χ0v) is 11.6. The molecule has 0 aromatic carbocycles. The summed E-state index contributed by atoms with van der Waals surface area (Å²) in [5.74, 6) is 3.51. The summed E-state index contributed by atoms with van der Waals surface area (Å²) in [6.45, 7) is 4.15. The van der Waals surface area contributed by atoms with Crippen LogP contribution in [0.4, 0.5) is 0 Å². The second-order valence-corrected chi connectivity index (χ2v) is 7.10. The lowest BCUT2D eigenvalue weighted by atomic mass is 9.92. The first kappa shape index (κ1) is 12.8. The van der Waals surface area contributed by atoms with E-state index in [0.717, 1.165) is 11.8 Å². The van der Waals surface area contributed by atoms with E-state index in [1.165, 1.54) is 19.3 Å². The molecule has 0 heterocycles. The molecule has 3 aliphatic carbocycles. The van der Waals surface area contributed by atoms with Gasteiger partial charge >= 0.3 is 0 Å². The van der Waals surface area contributed by atoms with Crippen LogP contribution in [0.25, 0.3) is 0 Å². The van der Waals surface area contributed by atoms with Gasteiger partial charge in [0.2, 0.25) is 5.91 Å². The second-order valence-electron chi connectivity index (χ2n) is 7.10. The second kappa shape index (κ2) is 4.12. The first-order valence-corrected chi connectivity index (χ1v) is 7.21. The molecule has 3 fully saturated rings. The van der Waals surface area contributed by atoms with Crippen molar-refractivity contribution in [3.8, 4) is 0 Å². The standard InChI is InChI=1S/C14H23N3O2/c1-14(2,13(15)17-19)6-16-12(18)11-9-7-3-4-8(5-7)10(9)11/h7-11,19H,3-6H2,1-2H3,(H2,15,17)(H,16,18). The number of amidine groups is 1. The topological polar surface area (TPSA) is 87.7 Å². The minimum atomic E-state index is -0.507. The third-order valence-electron chi connectivity index (χ3n) is 5.54. The van der Waals surface area contributed by atoms with Gasteiger partial charge in [0.15, 0.2) is 0 Å². The van der Waals surface area contributed by atoms with E-state index in [4.69, 9.17) is 10.9 Å². The molecule has 4 N–H and O–H groups in total. The predicted octanol–water partition coefficient (Wildman–Crippen LogP) is 1.17. The van der Waals surface area contributed by atoms with E-state index in [2.05, 4.69) is 10.5 Å². The minimum absolute atomic E-state index is 0.156. The average molecular weight is 265 g/mol. The third kappa shape index (κ3) is 1.90. The molecular weight excluding hydrogens is 242 g/mol. The summed E-state index contributed by atoms with van der Waals surface area (Å²) in [4.78, 5) is 12.2. The Bertz CT molecular complexity index is 416. The quantitative estimate of drug-likeness (QED) is 0.308. The predicted molar refractivity (Wildman–Crippen MR) is 71.5 cm³/mol. The van der Waals surface area contributed by atoms with Crippen molar-refractivity contribution in [2.45, 2.75) is 33.1 Å². The van der Waals surface area contributed by atoms with Crippen LogP contribution >= 0.6 is 0 Å². The molecule has 0 saturated heterocycles. The van der Waals surface area contributed by atoms with Crippen molar-refractivity contribution in [2.24, 2.45) is 45.9 Å². The molecule has 3 rings (SSSR count). The lowest BCUT2D eigenvalue weighted by molar-refractivity contribution is -0.123. The highest BCUT2D eigenvalue weighted by molar-refractivity contribution is 5.87. The summed E-state index contributed by atoms with van der Waals surface area (Å²) in [7, 11) is 0. The van der Waals surface area contributed by atoms with Gasteiger partial charge in [-0.1, -0.05) is 19.0 Å². The summed E-state index contributed by atoms with van der Waals surface area (Å²) in [5.41, 5.74) is 5.12. The molecule has 2 bridgehead atoms. The van der Waals surface area contributed by atoms with Gasteiger partial charge in [-0.3, -0.25) is 4.79 Å². The first-order chi connectivity index (χ1) is 8.95. The lowest BCUT2D eigenvalue weighted by Gasteiger charge is -2.23. The van der Waals surface area contributed by atoms with E-state index in [0.29, 0.717) is 18.4 Å². The van der Waals surface area contributed by atoms with E-state index in [1.54, 1.807) is 0 Å².